The fraction of sp³-hybridized carbons (Fsp3) is 0.188. The maximum Gasteiger partial charge on any atom is 0.288 e. The number of hydrazine groups is 1. The van der Waals surface area contributed by atoms with Crippen molar-refractivity contribution in [2.75, 3.05) is 14.2 Å². The first kappa shape index (κ1) is 17.7. The van der Waals surface area contributed by atoms with Crippen LogP contribution in [0.25, 0.3) is 0 Å². The Morgan fingerprint density at radius 3 is 2.46 bits per heavy atom. The van der Waals surface area contributed by atoms with Gasteiger partial charge >= 0.3 is 0 Å². The molecule has 0 aliphatic carbocycles. The highest BCUT2D eigenvalue weighted by Gasteiger charge is 2.14. The predicted octanol–water partition coefficient (Wildman–Crippen LogP) is 1.86. The van der Waals surface area contributed by atoms with Gasteiger partial charge in [-0.2, -0.15) is 0 Å². The van der Waals surface area contributed by atoms with Gasteiger partial charge in [-0.15, -0.1) is 0 Å². The van der Waals surface area contributed by atoms with Crippen molar-refractivity contribution in [1.29, 1.82) is 0 Å². The summed E-state index contributed by atoms with van der Waals surface area (Å²) in [6, 6.07) is 8.35. The molecule has 7 nitrogen and oxygen atoms in total. The highest BCUT2D eigenvalue weighted by atomic mass is 79.9. The van der Waals surface area contributed by atoms with E-state index in [0.717, 1.165) is 0 Å². The summed E-state index contributed by atoms with van der Waals surface area (Å²) in [4.78, 5) is 27.7. The van der Waals surface area contributed by atoms with E-state index in [9.17, 15) is 9.59 Å². The SMILES string of the molecule is COc1cc(Br)c(CC(=O)NNC(=O)c2ccccn2)cc1OC. The third-order valence-electron chi connectivity index (χ3n) is 3.12. The minimum Gasteiger partial charge on any atom is -0.493 e. The summed E-state index contributed by atoms with van der Waals surface area (Å²) in [5, 5.41) is 0. The number of hydrogen-bond acceptors (Lipinski definition) is 5. The molecule has 0 aliphatic heterocycles. The Kier molecular flexibility index (Phi) is 6.14. The summed E-state index contributed by atoms with van der Waals surface area (Å²) in [5.41, 5.74) is 5.57. The fourth-order valence-electron chi connectivity index (χ4n) is 1.94. The number of carbonyl (C=O) groups is 2. The van der Waals surface area contributed by atoms with Gasteiger partial charge in [-0.3, -0.25) is 25.4 Å². The average molecular weight is 394 g/mol. The zero-order valence-electron chi connectivity index (χ0n) is 13.1. The van der Waals surface area contributed by atoms with Crippen molar-refractivity contribution in [2.45, 2.75) is 6.42 Å². The summed E-state index contributed by atoms with van der Waals surface area (Å²) in [6.45, 7) is 0. The van der Waals surface area contributed by atoms with Crippen molar-refractivity contribution >= 4 is 27.7 Å². The molecule has 0 saturated heterocycles. The molecule has 0 saturated carbocycles. The summed E-state index contributed by atoms with van der Waals surface area (Å²) in [7, 11) is 3.05. The molecule has 2 rings (SSSR count). The van der Waals surface area contributed by atoms with Crippen LogP contribution in [-0.2, 0) is 11.2 Å². The van der Waals surface area contributed by atoms with E-state index in [4.69, 9.17) is 9.47 Å². The second-order valence-corrected chi connectivity index (χ2v) is 5.55. The van der Waals surface area contributed by atoms with Crippen LogP contribution in [0.3, 0.4) is 0 Å². The number of rotatable bonds is 5. The summed E-state index contributed by atoms with van der Waals surface area (Å²) >= 11 is 3.38. The van der Waals surface area contributed by atoms with E-state index in [-0.39, 0.29) is 18.0 Å². The lowest BCUT2D eigenvalue weighted by molar-refractivity contribution is -0.121. The van der Waals surface area contributed by atoms with Gasteiger partial charge in [0.15, 0.2) is 11.5 Å². The van der Waals surface area contributed by atoms with Gasteiger partial charge in [0, 0.05) is 10.7 Å². The minimum absolute atomic E-state index is 0.0451. The molecule has 0 aliphatic rings. The molecule has 24 heavy (non-hydrogen) atoms. The molecule has 2 aromatic rings. The number of nitrogens with one attached hydrogen (secondary N) is 2. The third kappa shape index (κ3) is 4.45. The number of methoxy groups -OCH3 is 2. The summed E-state index contributed by atoms with van der Waals surface area (Å²) in [6.07, 6.45) is 1.54. The standard InChI is InChI=1S/C16H16BrN3O4/c1-23-13-7-10(11(17)9-14(13)24-2)8-15(21)19-20-16(22)12-5-3-4-6-18-12/h3-7,9H,8H2,1-2H3,(H,19,21)(H,20,22). The Morgan fingerprint density at radius 1 is 1.12 bits per heavy atom. The van der Waals surface area contributed by atoms with Crippen LogP contribution in [0, 0.1) is 0 Å². The van der Waals surface area contributed by atoms with Crippen molar-refractivity contribution in [3.05, 3.63) is 52.3 Å². The predicted molar refractivity (Wildman–Crippen MR) is 90.8 cm³/mol. The number of pyridine rings is 1. The van der Waals surface area contributed by atoms with Gasteiger partial charge in [0.25, 0.3) is 5.91 Å². The minimum atomic E-state index is -0.490. The molecule has 2 amide bonds. The van der Waals surface area contributed by atoms with E-state index in [1.165, 1.54) is 20.4 Å². The maximum absolute atomic E-state index is 12.0. The van der Waals surface area contributed by atoms with Crippen molar-refractivity contribution in [3.63, 3.8) is 0 Å². The number of halogens is 1. The van der Waals surface area contributed by atoms with E-state index in [1.807, 2.05) is 0 Å². The molecule has 1 heterocycles. The average Bonchev–Trinajstić information content (AvgIpc) is 2.61. The van der Waals surface area contributed by atoms with Crippen LogP contribution >= 0.6 is 15.9 Å². The molecule has 1 aromatic heterocycles. The lowest BCUT2D eigenvalue weighted by atomic mass is 10.1. The molecule has 0 spiro atoms. The molecule has 2 N–H and O–H groups in total. The van der Waals surface area contributed by atoms with Crippen LogP contribution in [-0.4, -0.2) is 31.0 Å². The molecular weight excluding hydrogens is 378 g/mol. The van der Waals surface area contributed by atoms with E-state index >= 15 is 0 Å². The summed E-state index contributed by atoms with van der Waals surface area (Å²) in [5.74, 6) is 0.195. The molecule has 0 bridgehead atoms. The first-order valence-electron chi connectivity index (χ1n) is 6.95. The largest absolute Gasteiger partial charge is 0.493 e. The molecule has 8 heteroatoms. The number of aromatic nitrogens is 1. The number of hydrogen-bond donors (Lipinski definition) is 2. The molecule has 0 radical (unpaired) electrons. The lowest BCUT2D eigenvalue weighted by Gasteiger charge is -2.12. The monoisotopic (exact) mass is 393 g/mol. The zero-order chi connectivity index (χ0) is 17.5. The normalized spacial score (nSPS) is 9.96. The lowest BCUT2D eigenvalue weighted by Crippen LogP contribution is -2.42. The number of amides is 2. The Bertz CT molecular complexity index is 738. The fourth-order valence-corrected chi connectivity index (χ4v) is 2.40. The Balaban J connectivity index is 1.98. The number of carbonyl (C=O) groups excluding carboxylic acids is 2. The van der Waals surface area contributed by atoms with Crippen LogP contribution in [0.5, 0.6) is 11.5 Å². The van der Waals surface area contributed by atoms with Gasteiger partial charge in [-0.1, -0.05) is 22.0 Å². The van der Waals surface area contributed by atoms with Gasteiger partial charge < -0.3 is 9.47 Å². The molecule has 126 valence electrons. The first-order valence-corrected chi connectivity index (χ1v) is 7.75. The maximum atomic E-state index is 12.0. The highest BCUT2D eigenvalue weighted by Crippen LogP contribution is 2.33. The van der Waals surface area contributed by atoms with Crippen molar-refractivity contribution in [3.8, 4) is 11.5 Å². The van der Waals surface area contributed by atoms with Crippen molar-refractivity contribution in [2.24, 2.45) is 0 Å². The van der Waals surface area contributed by atoms with E-state index in [2.05, 4.69) is 31.8 Å². The van der Waals surface area contributed by atoms with E-state index in [0.29, 0.717) is 21.5 Å². The molecule has 0 atom stereocenters. The van der Waals surface area contributed by atoms with Crippen LogP contribution in [0.1, 0.15) is 16.1 Å². The van der Waals surface area contributed by atoms with Crippen LogP contribution in [0.2, 0.25) is 0 Å². The second-order valence-electron chi connectivity index (χ2n) is 4.69. The Morgan fingerprint density at radius 2 is 1.83 bits per heavy atom. The van der Waals surface area contributed by atoms with Crippen LogP contribution in [0.15, 0.2) is 41.0 Å². The quantitative estimate of drug-likeness (QED) is 0.756. The topological polar surface area (TPSA) is 89.6 Å². The second kappa shape index (κ2) is 8.30. The number of nitrogens with zero attached hydrogens (tertiary/aromatic N) is 1. The van der Waals surface area contributed by atoms with Gasteiger partial charge in [0.05, 0.1) is 20.6 Å². The Labute approximate surface area is 147 Å². The van der Waals surface area contributed by atoms with Crippen molar-refractivity contribution < 1.29 is 19.1 Å². The van der Waals surface area contributed by atoms with Crippen LogP contribution < -0.4 is 20.3 Å². The number of benzene rings is 1. The van der Waals surface area contributed by atoms with Crippen molar-refractivity contribution in [1.82, 2.24) is 15.8 Å². The zero-order valence-corrected chi connectivity index (χ0v) is 14.7. The van der Waals surface area contributed by atoms with Gasteiger partial charge in [0.2, 0.25) is 5.91 Å². The highest BCUT2D eigenvalue weighted by molar-refractivity contribution is 9.10. The Hall–Kier alpha value is -2.61. The third-order valence-corrected chi connectivity index (χ3v) is 3.85. The number of ether oxygens (including phenoxy) is 2. The van der Waals surface area contributed by atoms with E-state index < -0.39 is 5.91 Å². The smallest absolute Gasteiger partial charge is 0.288 e. The molecule has 0 unspecified atom stereocenters. The van der Waals surface area contributed by atoms with Gasteiger partial charge in [-0.05, 0) is 29.8 Å². The van der Waals surface area contributed by atoms with Gasteiger partial charge in [0.1, 0.15) is 5.69 Å². The molecule has 0 fully saturated rings. The first-order chi connectivity index (χ1) is 11.5. The summed E-state index contributed by atoms with van der Waals surface area (Å²) < 4.78 is 11.1. The van der Waals surface area contributed by atoms with Crippen LogP contribution in [0.4, 0.5) is 0 Å². The molecular formula is C16H16BrN3O4. The van der Waals surface area contributed by atoms with E-state index in [1.54, 1.807) is 30.3 Å². The molecule has 1 aromatic carbocycles. The van der Waals surface area contributed by atoms with Gasteiger partial charge in [-0.25, -0.2) is 0 Å².